The molecule has 0 saturated heterocycles. The zero-order valence-corrected chi connectivity index (χ0v) is 12.7. The second-order valence-corrected chi connectivity index (χ2v) is 6.31. The Kier molecular flexibility index (Phi) is 5.91. The predicted molar refractivity (Wildman–Crippen MR) is 74.6 cm³/mol. The number of nitrogens with one attached hydrogen (secondary N) is 2. The Morgan fingerprint density at radius 3 is 2.24 bits per heavy atom. The van der Waals surface area contributed by atoms with Gasteiger partial charge in [0, 0.05) is 11.4 Å². The van der Waals surface area contributed by atoms with Crippen LogP contribution in [0.5, 0.6) is 0 Å². The molecule has 8 heteroatoms. The van der Waals surface area contributed by atoms with Crippen LogP contribution < -0.4 is 10.9 Å². The Hall–Kier alpha value is -1.41. The van der Waals surface area contributed by atoms with Crippen molar-refractivity contribution < 1.29 is 22.7 Å². The van der Waals surface area contributed by atoms with Crippen molar-refractivity contribution >= 4 is 17.9 Å². The van der Waals surface area contributed by atoms with E-state index in [1.165, 1.54) is 12.1 Å². The van der Waals surface area contributed by atoms with Gasteiger partial charge in [0.05, 0.1) is 0 Å². The van der Waals surface area contributed by atoms with E-state index in [4.69, 9.17) is 4.74 Å². The molecule has 118 valence electrons. The topological polar surface area (TPSA) is 50.4 Å². The monoisotopic (exact) mass is 322 g/mol. The second-order valence-electron chi connectivity index (χ2n) is 5.17. The van der Waals surface area contributed by atoms with Crippen molar-refractivity contribution in [3.63, 3.8) is 0 Å². The van der Waals surface area contributed by atoms with Crippen LogP contribution in [0.15, 0.2) is 29.2 Å². The van der Waals surface area contributed by atoms with Crippen LogP contribution in [0, 0.1) is 0 Å². The lowest BCUT2D eigenvalue weighted by molar-refractivity contribution is -0.0328. The van der Waals surface area contributed by atoms with Gasteiger partial charge >= 0.3 is 11.6 Å². The van der Waals surface area contributed by atoms with Gasteiger partial charge in [-0.2, -0.15) is 13.2 Å². The number of amides is 1. The van der Waals surface area contributed by atoms with Crippen LogP contribution >= 0.6 is 11.8 Å². The van der Waals surface area contributed by atoms with E-state index in [1.54, 1.807) is 32.9 Å². The smallest absolute Gasteiger partial charge is 0.443 e. The van der Waals surface area contributed by atoms with E-state index in [0.717, 1.165) is 5.56 Å². The number of alkyl halides is 3. The van der Waals surface area contributed by atoms with Crippen molar-refractivity contribution in [2.24, 2.45) is 0 Å². The largest absolute Gasteiger partial charge is 0.446 e. The molecule has 0 aliphatic heterocycles. The summed E-state index contributed by atoms with van der Waals surface area (Å²) in [6.45, 7) is 5.49. The van der Waals surface area contributed by atoms with Crippen molar-refractivity contribution in [1.82, 2.24) is 10.9 Å². The van der Waals surface area contributed by atoms with Crippen LogP contribution in [0.25, 0.3) is 0 Å². The lowest BCUT2D eigenvalue weighted by atomic mass is 10.2. The number of halogens is 3. The van der Waals surface area contributed by atoms with E-state index in [9.17, 15) is 18.0 Å². The van der Waals surface area contributed by atoms with E-state index in [1.807, 2.05) is 0 Å². The van der Waals surface area contributed by atoms with Crippen LogP contribution in [-0.4, -0.2) is 17.2 Å². The molecule has 1 rings (SSSR count). The third-order valence-electron chi connectivity index (χ3n) is 2.04. The molecule has 1 aromatic rings. The molecule has 0 atom stereocenters. The molecule has 1 aromatic carbocycles. The maximum atomic E-state index is 12.2. The summed E-state index contributed by atoms with van der Waals surface area (Å²) < 4.78 is 41.5. The molecule has 2 N–H and O–H groups in total. The zero-order chi connectivity index (χ0) is 16.1. The Morgan fingerprint density at radius 1 is 1.19 bits per heavy atom. The highest BCUT2D eigenvalue weighted by molar-refractivity contribution is 8.00. The normalized spacial score (nSPS) is 12.1. The highest BCUT2D eigenvalue weighted by Crippen LogP contribution is 2.36. The summed E-state index contributed by atoms with van der Waals surface area (Å²) in [4.78, 5) is 11.5. The number of carbonyl (C=O) groups excluding carboxylic acids is 1. The molecule has 0 fully saturated rings. The number of benzene rings is 1. The average Bonchev–Trinajstić information content (AvgIpc) is 2.27. The van der Waals surface area contributed by atoms with Crippen LogP contribution in [0.1, 0.15) is 26.3 Å². The van der Waals surface area contributed by atoms with E-state index in [0.29, 0.717) is 0 Å². The number of rotatable bonds is 4. The van der Waals surface area contributed by atoms with Crippen molar-refractivity contribution in [1.29, 1.82) is 0 Å². The Labute approximate surface area is 125 Å². The Balaban J connectivity index is 2.38. The molecule has 21 heavy (non-hydrogen) atoms. The molecule has 0 spiro atoms. The van der Waals surface area contributed by atoms with Crippen LogP contribution in [0.2, 0.25) is 0 Å². The third kappa shape index (κ3) is 8.46. The van der Waals surface area contributed by atoms with Gasteiger partial charge in [0.2, 0.25) is 0 Å². The molecule has 0 saturated carbocycles. The third-order valence-corrected chi connectivity index (χ3v) is 2.78. The first kappa shape index (κ1) is 17.6. The van der Waals surface area contributed by atoms with Crippen molar-refractivity contribution in [2.75, 3.05) is 0 Å². The van der Waals surface area contributed by atoms with Gasteiger partial charge in [-0.1, -0.05) is 12.1 Å². The lowest BCUT2D eigenvalue weighted by Gasteiger charge is -2.19. The molecule has 0 bridgehead atoms. The molecule has 0 aromatic heterocycles. The van der Waals surface area contributed by atoms with Crippen LogP contribution in [0.3, 0.4) is 0 Å². The molecule has 0 unspecified atom stereocenters. The fourth-order valence-electron chi connectivity index (χ4n) is 1.33. The summed E-state index contributed by atoms with van der Waals surface area (Å²) in [5.41, 5.74) is 0.828. The molecule has 0 radical (unpaired) electrons. The number of hydrazine groups is 1. The summed E-state index contributed by atoms with van der Waals surface area (Å²) in [6, 6.07) is 5.86. The van der Waals surface area contributed by atoms with E-state index >= 15 is 0 Å². The standard InChI is InChI=1S/C13H17F3N2O2S/c1-12(2,3)20-11(19)18-17-8-9-4-6-10(7-5-9)21-13(14,15)16/h4-7,17H,8H2,1-3H3,(H,18,19). The summed E-state index contributed by atoms with van der Waals surface area (Å²) in [5.74, 6) is 0. The fourth-order valence-corrected chi connectivity index (χ4v) is 1.87. The Morgan fingerprint density at radius 2 is 1.76 bits per heavy atom. The molecule has 0 aliphatic rings. The summed E-state index contributed by atoms with van der Waals surface area (Å²) in [5, 5.41) is 0. The molecular formula is C13H17F3N2O2S. The number of thioether (sulfide) groups is 1. The molecular weight excluding hydrogens is 305 g/mol. The molecule has 4 nitrogen and oxygen atoms in total. The first-order valence-corrected chi connectivity index (χ1v) is 6.93. The average molecular weight is 322 g/mol. The quantitative estimate of drug-likeness (QED) is 0.653. The first-order chi connectivity index (χ1) is 9.55. The minimum absolute atomic E-state index is 0.117. The van der Waals surface area contributed by atoms with Crippen molar-refractivity contribution in [2.45, 2.75) is 43.3 Å². The van der Waals surface area contributed by atoms with Gasteiger partial charge in [-0.3, -0.25) is 5.43 Å². The maximum Gasteiger partial charge on any atom is 0.446 e. The minimum Gasteiger partial charge on any atom is -0.443 e. The van der Waals surface area contributed by atoms with Gasteiger partial charge in [-0.05, 0) is 50.2 Å². The highest BCUT2D eigenvalue weighted by Gasteiger charge is 2.28. The zero-order valence-electron chi connectivity index (χ0n) is 11.9. The van der Waals surface area contributed by atoms with E-state index < -0.39 is 17.2 Å². The van der Waals surface area contributed by atoms with Gasteiger partial charge in [0.1, 0.15) is 5.60 Å². The SMILES string of the molecule is CC(C)(C)OC(=O)NNCc1ccc(SC(F)(F)F)cc1. The predicted octanol–water partition coefficient (Wildman–Crippen LogP) is 3.83. The van der Waals surface area contributed by atoms with Gasteiger partial charge in [-0.25, -0.2) is 10.2 Å². The van der Waals surface area contributed by atoms with Gasteiger partial charge in [0.15, 0.2) is 0 Å². The number of hydrogen-bond donors (Lipinski definition) is 2. The van der Waals surface area contributed by atoms with Crippen LogP contribution in [-0.2, 0) is 11.3 Å². The second kappa shape index (κ2) is 7.04. The van der Waals surface area contributed by atoms with E-state index in [2.05, 4.69) is 10.9 Å². The van der Waals surface area contributed by atoms with Gasteiger partial charge < -0.3 is 4.74 Å². The Bertz CT molecular complexity index is 470. The lowest BCUT2D eigenvalue weighted by Crippen LogP contribution is -2.40. The highest BCUT2D eigenvalue weighted by atomic mass is 32.2. The van der Waals surface area contributed by atoms with E-state index in [-0.39, 0.29) is 23.2 Å². The summed E-state index contributed by atoms with van der Waals surface area (Å²) in [7, 11) is 0. The van der Waals surface area contributed by atoms with Crippen molar-refractivity contribution in [3.8, 4) is 0 Å². The maximum absolute atomic E-state index is 12.2. The molecule has 1 amide bonds. The van der Waals surface area contributed by atoms with Gasteiger partial charge in [-0.15, -0.1) is 0 Å². The number of hydrogen-bond acceptors (Lipinski definition) is 4. The van der Waals surface area contributed by atoms with Crippen LogP contribution in [0.4, 0.5) is 18.0 Å². The fraction of sp³-hybridized carbons (Fsp3) is 0.462. The van der Waals surface area contributed by atoms with Crippen molar-refractivity contribution in [3.05, 3.63) is 29.8 Å². The summed E-state index contributed by atoms with van der Waals surface area (Å²) >= 11 is -0.166. The molecule has 0 heterocycles. The summed E-state index contributed by atoms with van der Waals surface area (Å²) in [6.07, 6.45) is -0.619. The number of carbonyl (C=O) groups is 1. The number of ether oxygens (including phenoxy) is 1. The van der Waals surface area contributed by atoms with Gasteiger partial charge in [0.25, 0.3) is 0 Å². The first-order valence-electron chi connectivity index (χ1n) is 6.12. The molecule has 0 aliphatic carbocycles. The minimum atomic E-state index is -4.29.